The number of nitrogens with two attached hydrogens (primary N) is 1. The number of thiocarbonyl (C=S) groups is 1. The normalized spacial score (nSPS) is 28.0. The number of likely N-dealkylation sites (N-methyl/N-ethyl adjacent to an activating group) is 1. The van der Waals surface area contributed by atoms with E-state index in [-0.39, 0.29) is 17.3 Å². The van der Waals surface area contributed by atoms with Gasteiger partial charge in [0.05, 0.1) is 16.3 Å². The predicted octanol–water partition coefficient (Wildman–Crippen LogP) is 0.949. The first-order valence-electron chi connectivity index (χ1n) is 5.93. The average molecular weight is 278 g/mol. The summed E-state index contributed by atoms with van der Waals surface area (Å²) in [5.74, 6) is 0. The molecule has 3 atom stereocenters. The van der Waals surface area contributed by atoms with E-state index in [1.165, 1.54) is 6.26 Å². The minimum Gasteiger partial charge on any atom is -0.392 e. The van der Waals surface area contributed by atoms with Crippen LogP contribution in [0.15, 0.2) is 0 Å². The Morgan fingerprint density at radius 2 is 2.06 bits per heavy atom. The summed E-state index contributed by atoms with van der Waals surface area (Å²) in [6.45, 7) is 1.96. The first kappa shape index (κ1) is 14.9. The largest absolute Gasteiger partial charge is 0.392 e. The van der Waals surface area contributed by atoms with Gasteiger partial charge in [0, 0.05) is 12.3 Å². The topological polar surface area (TPSA) is 63.4 Å². The van der Waals surface area contributed by atoms with Crippen molar-refractivity contribution in [3.05, 3.63) is 0 Å². The maximum Gasteiger partial charge on any atom is 0.150 e. The lowest BCUT2D eigenvalue weighted by atomic mass is 9.93. The van der Waals surface area contributed by atoms with Gasteiger partial charge < -0.3 is 5.73 Å². The molecule has 4 nitrogen and oxygen atoms in total. The van der Waals surface area contributed by atoms with Gasteiger partial charge in [-0.15, -0.1) is 0 Å². The maximum absolute atomic E-state index is 11.6. The summed E-state index contributed by atoms with van der Waals surface area (Å²) >= 11 is 4.98. The van der Waals surface area contributed by atoms with E-state index in [2.05, 4.69) is 4.90 Å². The van der Waals surface area contributed by atoms with Crippen LogP contribution in [-0.4, -0.2) is 48.9 Å². The molecule has 1 fully saturated rings. The molecule has 0 heterocycles. The second-order valence-electron chi connectivity index (χ2n) is 5.02. The van der Waals surface area contributed by atoms with Gasteiger partial charge in [-0.25, -0.2) is 8.42 Å². The summed E-state index contributed by atoms with van der Waals surface area (Å²) in [6, 6.07) is 0.285. The monoisotopic (exact) mass is 278 g/mol. The first-order valence-corrected chi connectivity index (χ1v) is 8.30. The lowest BCUT2D eigenvalue weighted by Crippen LogP contribution is -2.48. The highest BCUT2D eigenvalue weighted by atomic mass is 32.2. The van der Waals surface area contributed by atoms with Crippen molar-refractivity contribution in [3.8, 4) is 0 Å². The molecular weight excluding hydrogens is 256 g/mol. The van der Waals surface area contributed by atoms with E-state index >= 15 is 0 Å². The molecule has 6 heteroatoms. The van der Waals surface area contributed by atoms with Gasteiger partial charge in [-0.1, -0.05) is 18.6 Å². The first-order chi connectivity index (χ1) is 7.73. The van der Waals surface area contributed by atoms with Gasteiger partial charge in [0.25, 0.3) is 0 Å². The lowest BCUT2D eigenvalue weighted by molar-refractivity contribution is 0.178. The van der Waals surface area contributed by atoms with E-state index in [0.717, 1.165) is 19.3 Å². The smallest absolute Gasteiger partial charge is 0.150 e. The van der Waals surface area contributed by atoms with Gasteiger partial charge in [-0.2, -0.15) is 0 Å². The standard InChI is InChI=1S/C11H22N2O2S2/c1-8(11(12)16)13(2)9-5-4-6-10(7-9)17(3,14)15/h8-10H,4-7H2,1-3H3,(H2,12,16). The third-order valence-corrected chi connectivity index (χ3v) is 5.78. The molecule has 1 aliphatic carbocycles. The van der Waals surface area contributed by atoms with Crippen LogP contribution in [0.1, 0.15) is 32.6 Å². The van der Waals surface area contributed by atoms with Crippen molar-refractivity contribution in [1.29, 1.82) is 0 Å². The molecule has 0 aromatic heterocycles. The zero-order chi connectivity index (χ0) is 13.2. The van der Waals surface area contributed by atoms with Gasteiger partial charge in [0.15, 0.2) is 0 Å². The second kappa shape index (κ2) is 5.63. The van der Waals surface area contributed by atoms with Crippen LogP contribution in [0.3, 0.4) is 0 Å². The average Bonchev–Trinajstić information content (AvgIpc) is 2.26. The lowest BCUT2D eigenvalue weighted by Gasteiger charge is -2.37. The summed E-state index contributed by atoms with van der Waals surface area (Å²) in [6.07, 6.45) is 4.79. The molecule has 0 spiro atoms. The number of hydrogen-bond acceptors (Lipinski definition) is 4. The Balaban J connectivity index is 2.70. The Hall–Kier alpha value is -0.200. The molecule has 2 N–H and O–H groups in total. The van der Waals surface area contributed by atoms with Crippen LogP contribution in [0.4, 0.5) is 0 Å². The Morgan fingerprint density at radius 3 is 2.53 bits per heavy atom. The molecular formula is C11H22N2O2S2. The van der Waals surface area contributed by atoms with Crippen molar-refractivity contribution in [2.45, 2.75) is 49.9 Å². The Morgan fingerprint density at radius 1 is 1.47 bits per heavy atom. The Labute approximate surface area is 109 Å². The fourth-order valence-corrected chi connectivity index (χ4v) is 3.73. The molecule has 3 unspecified atom stereocenters. The van der Waals surface area contributed by atoms with Gasteiger partial charge in [-0.3, -0.25) is 4.90 Å². The van der Waals surface area contributed by atoms with Crippen LogP contribution in [-0.2, 0) is 9.84 Å². The second-order valence-corrected chi connectivity index (χ2v) is 7.81. The number of rotatable bonds is 4. The number of hydrogen-bond donors (Lipinski definition) is 1. The fraction of sp³-hybridized carbons (Fsp3) is 0.909. The molecule has 1 saturated carbocycles. The summed E-state index contributed by atoms with van der Waals surface area (Å²) in [5.41, 5.74) is 5.64. The van der Waals surface area contributed by atoms with E-state index < -0.39 is 9.84 Å². The van der Waals surface area contributed by atoms with Gasteiger partial charge in [0.2, 0.25) is 0 Å². The molecule has 0 radical (unpaired) electrons. The fourth-order valence-electron chi connectivity index (χ4n) is 2.40. The highest BCUT2D eigenvalue weighted by Gasteiger charge is 2.32. The zero-order valence-electron chi connectivity index (χ0n) is 10.7. The zero-order valence-corrected chi connectivity index (χ0v) is 12.4. The summed E-state index contributed by atoms with van der Waals surface area (Å²) in [4.78, 5) is 2.58. The predicted molar refractivity (Wildman–Crippen MR) is 74.9 cm³/mol. The van der Waals surface area contributed by atoms with Crippen LogP contribution in [0, 0.1) is 0 Å². The molecule has 17 heavy (non-hydrogen) atoms. The molecule has 0 saturated heterocycles. The quantitative estimate of drug-likeness (QED) is 0.776. The SMILES string of the molecule is CC(C(N)=S)N(C)C1CCCC(S(C)(=O)=O)C1. The minimum atomic E-state index is -2.93. The number of sulfone groups is 1. The minimum absolute atomic E-state index is 0.0216. The number of nitrogens with zero attached hydrogens (tertiary/aromatic N) is 1. The van der Waals surface area contributed by atoms with Crippen LogP contribution in [0.25, 0.3) is 0 Å². The molecule has 0 aliphatic heterocycles. The van der Waals surface area contributed by atoms with Crippen molar-refractivity contribution in [1.82, 2.24) is 4.90 Å². The van der Waals surface area contributed by atoms with E-state index in [0.29, 0.717) is 11.4 Å². The van der Waals surface area contributed by atoms with E-state index in [1.807, 2.05) is 14.0 Å². The van der Waals surface area contributed by atoms with Gasteiger partial charge >= 0.3 is 0 Å². The molecule has 0 aromatic rings. The van der Waals surface area contributed by atoms with Crippen molar-refractivity contribution >= 4 is 27.0 Å². The molecule has 1 rings (SSSR count). The molecule has 0 bridgehead atoms. The van der Waals surface area contributed by atoms with E-state index in [9.17, 15) is 8.42 Å². The van der Waals surface area contributed by atoms with Gasteiger partial charge in [-0.05, 0) is 33.2 Å². The van der Waals surface area contributed by atoms with Crippen LogP contribution >= 0.6 is 12.2 Å². The highest BCUT2D eigenvalue weighted by molar-refractivity contribution is 7.91. The summed E-state index contributed by atoms with van der Waals surface area (Å²) in [7, 11) is -0.958. The van der Waals surface area contributed by atoms with Crippen LogP contribution in [0.5, 0.6) is 0 Å². The van der Waals surface area contributed by atoms with Crippen LogP contribution < -0.4 is 5.73 Å². The van der Waals surface area contributed by atoms with Crippen molar-refractivity contribution in [2.24, 2.45) is 5.73 Å². The molecule has 100 valence electrons. The Bertz CT molecular complexity index is 381. The molecule has 0 amide bonds. The van der Waals surface area contributed by atoms with E-state index in [1.54, 1.807) is 0 Å². The summed E-state index contributed by atoms with van der Waals surface area (Å²) < 4.78 is 23.2. The van der Waals surface area contributed by atoms with Crippen molar-refractivity contribution in [2.75, 3.05) is 13.3 Å². The van der Waals surface area contributed by atoms with Crippen LogP contribution in [0.2, 0.25) is 0 Å². The summed E-state index contributed by atoms with van der Waals surface area (Å²) in [5, 5.41) is -0.206. The van der Waals surface area contributed by atoms with Crippen molar-refractivity contribution in [3.63, 3.8) is 0 Å². The van der Waals surface area contributed by atoms with E-state index in [4.69, 9.17) is 18.0 Å². The third kappa shape index (κ3) is 3.89. The third-order valence-electron chi connectivity index (χ3n) is 3.80. The maximum atomic E-state index is 11.6. The van der Waals surface area contributed by atoms with Crippen molar-refractivity contribution < 1.29 is 8.42 Å². The Kier molecular flexibility index (Phi) is 4.92. The van der Waals surface area contributed by atoms with Gasteiger partial charge in [0.1, 0.15) is 9.84 Å². The molecule has 0 aromatic carbocycles. The molecule has 1 aliphatic rings. The highest BCUT2D eigenvalue weighted by Crippen LogP contribution is 2.27.